The van der Waals surface area contributed by atoms with Crippen LogP contribution in [0.3, 0.4) is 0 Å². The van der Waals surface area contributed by atoms with E-state index in [2.05, 4.69) is 11.4 Å². The first-order valence-electron chi connectivity index (χ1n) is 8.38. The van der Waals surface area contributed by atoms with Crippen LogP contribution in [0.1, 0.15) is 5.56 Å². The normalized spacial score (nSPS) is 12.2. The summed E-state index contributed by atoms with van der Waals surface area (Å²) in [6, 6.07) is 21.6. The number of carbonyl (C=O) groups excluding carboxylic acids is 1. The molecule has 0 aliphatic carbocycles. The third-order valence-electron chi connectivity index (χ3n) is 4.72. The van der Waals surface area contributed by atoms with Crippen LogP contribution in [-0.4, -0.2) is 10.5 Å². The molecule has 3 aromatic carbocycles. The summed E-state index contributed by atoms with van der Waals surface area (Å²) in [6.07, 6.45) is 0. The number of rotatable bonds is 2. The molecule has 26 heavy (non-hydrogen) atoms. The number of aryl methyl sites for hydroxylation is 2. The second-order valence-electron chi connectivity index (χ2n) is 6.40. The third-order valence-corrected chi connectivity index (χ3v) is 4.72. The SMILES string of the molecule is Cc1ccc(NC(=O)C(C#N)=c2c3cccc4cccc(c43)n2C)cc1. The van der Waals surface area contributed by atoms with E-state index >= 15 is 0 Å². The van der Waals surface area contributed by atoms with E-state index in [4.69, 9.17) is 0 Å². The van der Waals surface area contributed by atoms with Crippen molar-refractivity contribution in [3.05, 3.63) is 71.6 Å². The van der Waals surface area contributed by atoms with Gasteiger partial charge in [-0.15, -0.1) is 0 Å². The van der Waals surface area contributed by atoms with E-state index in [1.54, 1.807) is 0 Å². The van der Waals surface area contributed by atoms with Crippen LogP contribution in [0.25, 0.3) is 27.2 Å². The first-order valence-corrected chi connectivity index (χ1v) is 8.38. The van der Waals surface area contributed by atoms with Crippen LogP contribution >= 0.6 is 0 Å². The molecule has 4 nitrogen and oxygen atoms in total. The van der Waals surface area contributed by atoms with Crippen molar-refractivity contribution >= 4 is 38.8 Å². The summed E-state index contributed by atoms with van der Waals surface area (Å²) in [5.41, 5.74) is 2.89. The molecule has 4 heteroatoms. The van der Waals surface area contributed by atoms with Gasteiger partial charge in [0.1, 0.15) is 11.6 Å². The Bertz CT molecular complexity index is 1240. The van der Waals surface area contributed by atoms with Gasteiger partial charge in [0.05, 0.1) is 5.35 Å². The highest BCUT2D eigenvalue weighted by Gasteiger charge is 2.17. The third kappa shape index (κ3) is 2.42. The monoisotopic (exact) mass is 339 g/mol. The van der Waals surface area contributed by atoms with Gasteiger partial charge in [-0.2, -0.15) is 5.26 Å². The number of nitrogens with one attached hydrogen (secondary N) is 1. The summed E-state index contributed by atoms with van der Waals surface area (Å²) in [7, 11) is 1.89. The van der Waals surface area contributed by atoms with Crippen molar-refractivity contribution in [2.75, 3.05) is 5.32 Å². The van der Waals surface area contributed by atoms with Crippen LogP contribution in [-0.2, 0) is 11.8 Å². The number of hydrogen-bond donors (Lipinski definition) is 1. The minimum absolute atomic E-state index is 0.108. The zero-order valence-electron chi connectivity index (χ0n) is 14.6. The molecule has 1 heterocycles. The van der Waals surface area contributed by atoms with Gasteiger partial charge >= 0.3 is 0 Å². The molecular formula is C22H17N3O. The van der Waals surface area contributed by atoms with Crippen molar-refractivity contribution in [1.82, 2.24) is 4.57 Å². The van der Waals surface area contributed by atoms with Gasteiger partial charge in [-0.25, -0.2) is 0 Å². The lowest BCUT2D eigenvalue weighted by molar-refractivity contribution is -0.111. The molecule has 0 saturated heterocycles. The number of aromatic nitrogens is 1. The number of amides is 1. The van der Waals surface area contributed by atoms with Crippen molar-refractivity contribution < 1.29 is 4.79 Å². The van der Waals surface area contributed by atoms with E-state index in [-0.39, 0.29) is 5.57 Å². The summed E-state index contributed by atoms with van der Waals surface area (Å²) >= 11 is 0. The molecule has 1 amide bonds. The van der Waals surface area contributed by atoms with Crippen molar-refractivity contribution in [3.8, 4) is 6.07 Å². The molecule has 0 unspecified atom stereocenters. The minimum Gasteiger partial charge on any atom is -0.342 e. The van der Waals surface area contributed by atoms with Gasteiger partial charge in [0.2, 0.25) is 0 Å². The number of nitriles is 1. The molecule has 0 atom stereocenters. The average Bonchev–Trinajstić information content (AvgIpc) is 2.93. The maximum Gasteiger partial charge on any atom is 0.268 e. The number of hydrogen-bond acceptors (Lipinski definition) is 2. The first kappa shape index (κ1) is 15.9. The van der Waals surface area contributed by atoms with Crippen LogP contribution in [0.15, 0.2) is 60.7 Å². The molecule has 0 aliphatic rings. The standard InChI is InChI=1S/C22H17N3O/c1-14-9-11-16(12-10-14)24-22(26)18(13-23)21-17-7-3-5-15-6-4-8-19(20(15)17)25(21)2/h3-12H,1-2H3,(H,24,26). The molecule has 0 bridgehead atoms. The number of anilines is 1. The Morgan fingerprint density at radius 3 is 2.42 bits per heavy atom. The highest BCUT2D eigenvalue weighted by Crippen LogP contribution is 2.25. The maximum absolute atomic E-state index is 12.8. The lowest BCUT2D eigenvalue weighted by Crippen LogP contribution is -2.24. The molecule has 0 radical (unpaired) electrons. The Hall–Kier alpha value is -3.58. The van der Waals surface area contributed by atoms with Crippen LogP contribution in [0.2, 0.25) is 0 Å². The second kappa shape index (κ2) is 6.05. The van der Waals surface area contributed by atoms with Crippen molar-refractivity contribution in [2.45, 2.75) is 6.92 Å². The summed E-state index contributed by atoms with van der Waals surface area (Å²) < 4.78 is 1.92. The first-order chi connectivity index (χ1) is 12.6. The summed E-state index contributed by atoms with van der Waals surface area (Å²) in [5, 5.41) is 16.3. The van der Waals surface area contributed by atoms with Gasteiger partial charge in [0.25, 0.3) is 5.91 Å². The predicted molar refractivity (Wildman–Crippen MR) is 104 cm³/mol. The average molecular weight is 339 g/mol. The quantitative estimate of drug-likeness (QED) is 0.606. The molecule has 4 rings (SSSR count). The molecule has 1 N–H and O–H groups in total. The highest BCUT2D eigenvalue weighted by atomic mass is 16.1. The smallest absolute Gasteiger partial charge is 0.268 e. The molecule has 0 aliphatic heterocycles. The fraction of sp³-hybridized carbons (Fsp3) is 0.0909. The molecule has 0 saturated carbocycles. The minimum atomic E-state index is -0.400. The molecule has 4 aromatic rings. The Balaban J connectivity index is 1.95. The molecule has 1 aromatic heterocycles. The summed E-state index contributed by atoms with van der Waals surface area (Å²) in [4.78, 5) is 12.8. The van der Waals surface area contributed by atoms with Gasteiger partial charge in [-0.1, -0.05) is 48.0 Å². The Morgan fingerprint density at radius 2 is 1.73 bits per heavy atom. The van der Waals surface area contributed by atoms with E-state index in [9.17, 15) is 10.1 Å². The Labute approximate surface area is 150 Å². The van der Waals surface area contributed by atoms with E-state index < -0.39 is 5.91 Å². The van der Waals surface area contributed by atoms with E-state index in [0.717, 1.165) is 27.2 Å². The highest BCUT2D eigenvalue weighted by molar-refractivity contribution is 6.26. The fourth-order valence-corrected chi connectivity index (χ4v) is 3.44. The second-order valence-corrected chi connectivity index (χ2v) is 6.40. The number of benzene rings is 3. The van der Waals surface area contributed by atoms with Crippen LogP contribution in [0, 0.1) is 18.3 Å². The van der Waals surface area contributed by atoms with Gasteiger partial charge in [-0.3, -0.25) is 4.79 Å². The Kier molecular flexibility index (Phi) is 3.70. The zero-order valence-corrected chi connectivity index (χ0v) is 14.6. The Morgan fingerprint density at radius 1 is 1.04 bits per heavy atom. The van der Waals surface area contributed by atoms with Crippen LogP contribution < -0.4 is 10.7 Å². The largest absolute Gasteiger partial charge is 0.342 e. The summed E-state index contributed by atoms with van der Waals surface area (Å²) in [5.74, 6) is -0.400. The van der Waals surface area contributed by atoms with Gasteiger partial charge < -0.3 is 9.88 Å². The number of nitrogens with zero attached hydrogens (tertiary/aromatic N) is 2. The predicted octanol–water partition coefficient (Wildman–Crippen LogP) is 3.67. The maximum atomic E-state index is 12.8. The summed E-state index contributed by atoms with van der Waals surface area (Å²) in [6.45, 7) is 1.99. The zero-order chi connectivity index (χ0) is 18.3. The van der Waals surface area contributed by atoms with E-state index in [1.165, 1.54) is 0 Å². The lowest BCUT2D eigenvalue weighted by atomic mass is 10.1. The van der Waals surface area contributed by atoms with Crippen molar-refractivity contribution in [1.29, 1.82) is 5.26 Å². The van der Waals surface area contributed by atoms with Crippen molar-refractivity contribution in [3.63, 3.8) is 0 Å². The number of carbonyl (C=O) groups is 1. The lowest BCUT2D eigenvalue weighted by Gasteiger charge is -2.05. The van der Waals surface area contributed by atoms with Crippen molar-refractivity contribution in [2.24, 2.45) is 7.05 Å². The van der Waals surface area contributed by atoms with Gasteiger partial charge in [0, 0.05) is 29.0 Å². The molecule has 0 fully saturated rings. The van der Waals surface area contributed by atoms with Gasteiger partial charge in [0.15, 0.2) is 0 Å². The molecular weight excluding hydrogens is 322 g/mol. The molecule has 0 spiro atoms. The molecule has 126 valence electrons. The fourth-order valence-electron chi connectivity index (χ4n) is 3.44. The topological polar surface area (TPSA) is 57.8 Å². The van der Waals surface area contributed by atoms with Crippen LogP contribution in [0.5, 0.6) is 0 Å². The van der Waals surface area contributed by atoms with E-state index in [0.29, 0.717) is 11.0 Å². The van der Waals surface area contributed by atoms with Crippen LogP contribution in [0.4, 0.5) is 5.69 Å². The van der Waals surface area contributed by atoms with E-state index in [1.807, 2.05) is 79.2 Å². The van der Waals surface area contributed by atoms with Gasteiger partial charge in [-0.05, 0) is 30.5 Å².